The minimum atomic E-state index is -2.37. The fourth-order valence-corrected chi connectivity index (χ4v) is 13.3. The summed E-state index contributed by atoms with van der Waals surface area (Å²) in [5.41, 5.74) is 0.309. The van der Waals surface area contributed by atoms with Gasteiger partial charge in [-0.15, -0.1) is 0 Å². The van der Waals surface area contributed by atoms with Gasteiger partial charge in [0.2, 0.25) is 8.32 Å². The first-order chi connectivity index (χ1) is 20.0. The Morgan fingerprint density at radius 2 is 1.58 bits per heavy atom. The molecule has 0 radical (unpaired) electrons. The van der Waals surface area contributed by atoms with Gasteiger partial charge in [-0.2, -0.15) is 0 Å². The molecule has 0 heterocycles. The van der Waals surface area contributed by atoms with Gasteiger partial charge in [-0.25, -0.2) is 0 Å². The summed E-state index contributed by atoms with van der Waals surface area (Å²) < 4.78 is 13.1. The van der Waals surface area contributed by atoms with Gasteiger partial charge in [0.1, 0.15) is 6.10 Å². The topological polar surface area (TPSA) is 89.9 Å². The lowest BCUT2D eigenvalue weighted by Gasteiger charge is -2.47. The second-order valence-corrected chi connectivity index (χ2v) is 20.1. The first-order valence-electron chi connectivity index (χ1n) is 16.6. The second-order valence-electron chi connectivity index (χ2n) is 14.7. The molecule has 7 atom stereocenters. The lowest BCUT2D eigenvalue weighted by Crippen LogP contribution is -2.50. The van der Waals surface area contributed by atoms with Crippen LogP contribution >= 0.6 is 0 Å². The summed E-state index contributed by atoms with van der Waals surface area (Å²) in [6, 6.07) is 0. The molecule has 1 fully saturated rings. The lowest BCUT2D eigenvalue weighted by atomic mass is 9.61. The van der Waals surface area contributed by atoms with Crippen molar-refractivity contribution in [2.24, 2.45) is 35.0 Å². The number of carboxylic acids is 1. The smallest absolute Gasteiger partial charge is 0.311 e. The number of esters is 1. The summed E-state index contributed by atoms with van der Waals surface area (Å²) in [5.74, 6) is -0.367. The molecule has 0 aliphatic heterocycles. The van der Waals surface area contributed by atoms with Crippen molar-refractivity contribution in [3.8, 4) is 0 Å². The largest absolute Gasteiger partial charge is 0.481 e. The van der Waals surface area contributed by atoms with Gasteiger partial charge < -0.3 is 14.3 Å². The van der Waals surface area contributed by atoms with Crippen LogP contribution < -0.4 is 0 Å². The number of rotatable bonds is 15. The Balaban J connectivity index is 2.35. The number of hydrogen-bond donors (Lipinski definition) is 1. The minimum Gasteiger partial charge on any atom is -0.481 e. The summed E-state index contributed by atoms with van der Waals surface area (Å²) >= 11 is 0. The quantitative estimate of drug-likeness (QED) is 0.0855. The molecule has 2 aliphatic carbocycles. The van der Waals surface area contributed by atoms with Crippen LogP contribution in [0.2, 0.25) is 16.6 Å². The third-order valence-corrected chi connectivity index (χ3v) is 16.5. The second kappa shape index (κ2) is 15.8. The summed E-state index contributed by atoms with van der Waals surface area (Å²) in [7, 11) is -2.37. The highest BCUT2D eigenvalue weighted by atomic mass is 28.4. The molecule has 0 aromatic rings. The van der Waals surface area contributed by atoms with Crippen LogP contribution in [0.1, 0.15) is 108 Å². The summed E-state index contributed by atoms with van der Waals surface area (Å²) in [6.07, 6.45) is 13.9. The Kier molecular flexibility index (Phi) is 13.7. The number of carbonyl (C=O) groups is 3. The van der Waals surface area contributed by atoms with Crippen molar-refractivity contribution in [1.29, 1.82) is 0 Å². The Labute approximate surface area is 262 Å². The standard InChI is InChI=1S/C36H60O6Si/c1-12-14-27-19-28-16-15-26(9)31(34(28)32(20-27)41-35(40)36(10,11)13-2)18-17-29(37)21-30(22-33(38)39)42-43(23(3)4,24(5)6)25(7)8/h12,14-18,23-28,30-32,34H,13,19-22H2,1-11H3,(H,38,39)/b14-12+,18-17?/t26-,27-,28-,30+,31-,32-,34-/m0/s1. The Hall–Kier alpha value is -1.99. The van der Waals surface area contributed by atoms with Crippen molar-refractivity contribution in [2.75, 3.05) is 0 Å². The Morgan fingerprint density at radius 3 is 2.09 bits per heavy atom. The van der Waals surface area contributed by atoms with E-state index in [4.69, 9.17) is 9.16 Å². The highest BCUT2D eigenvalue weighted by Crippen LogP contribution is 2.48. The number of aliphatic carboxylic acids is 1. The van der Waals surface area contributed by atoms with Crippen LogP contribution in [0.3, 0.4) is 0 Å². The van der Waals surface area contributed by atoms with Crippen molar-refractivity contribution < 1.29 is 28.7 Å². The molecular weight excluding hydrogens is 556 g/mol. The SMILES string of the molecule is C/C=C/[C@@H]1C[C@H](OC(=O)C(C)(C)CC)[C@@H]2[C@@H](C=CC(=O)C[C@H](CC(=O)O)O[Si](C(C)C)(C(C)C)C(C)C)[C@@H](C)C=C[C@H]2C1. The molecule has 0 spiro atoms. The van der Waals surface area contributed by atoms with Crippen LogP contribution in [0.25, 0.3) is 0 Å². The summed E-state index contributed by atoms with van der Waals surface area (Å²) in [4.78, 5) is 38.5. The predicted octanol–water partition coefficient (Wildman–Crippen LogP) is 8.93. The van der Waals surface area contributed by atoms with E-state index in [0.717, 1.165) is 12.8 Å². The Bertz CT molecular complexity index is 1020. The molecule has 7 heteroatoms. The van der Waals surface area contributed by atoms with Gasteiger partial charge in [-0.1, -0.05) is 85.8 Å². The third kappa shape index (κ3) is 9.26. The van der Waals surface area contributed by atoms with E-state index in [2.05, 4.69) is 72.8 Å². The highest BCUT2D eigenvalue weighted by Gasteiger charge is 2.48. The molecular formula is C36H60O6Si. The molecule has 0 amide bonds. The molecule has 0 unspecified atom stereocenters. The van der Waals surface area contributed by atoms with Crippen molar-refractivity contribution in [2.45, 2.75) is 137 Å². The maximum absolute atomic E-state index is 13.4. The van der Waals surface area contributed by atoms with E-state index in [9.17, 15) is 19.5 Å². The molecule has 2 aliphatic rings. The molecule has 2 rings (SSSR count). The first kappa shape index (κ1) is 37.2. The molecule has 6 nitrogen and oxygen atoms in total. The van der Waals surface area contributed by atoms with Crippen LogP contribution in [0.15, 0.2) is 36.5 Å². The number of ether oxygens (including phenoxy) is 1. The predicted molar refractivity (Wildman–Crippen MR) is 177 cm³/mol. The van der Waals surface area contributed by atoms with Crippen LogP contribution in [0, 0.1) is 35.0 Å². The monoisotopic (exact) mass is 616 g/mol. The van der Waals surface area contributed by atoms with E-state index in [1.165, 1.54) is 0 Å². The van der Waals surface area contributed by atoms with E-state index in [0.29, 0.717) is 12.3 Å². The number of carboxylic acid groups (broad SMARTS) is 1. The average molecular weight is 617 g/mol. The number of carbonyl (C=O) groups excluding carboxylic acids is 2. The highest BCUT2D eigenvalue weighted by molar-refractivity contribution is 6.77. The van der Waals surface area contributed by atoms with Crippen LogP contribution in [-0.4, -0.2) is 43.4 Å². The van der Waals surface area contributed by atoms with E-state index in [1.807, 2.05) is 33.8 Å². The third-order valence-electron chi connectivity index (χ3n) is 10.3. The minimum absolute atomic E-state index is 0.0299. The average Bonchev–Trinajstić information content (AvgIpc) is 2.90. The maximum Gasteiger partial charge on any atom is 0.311 e. The van der Waals surface area contributed by atoms with Crippen molar-refractivity contribution in [1.82, 2.24) is 0 Å². The molecule has 1 N–H and O–H groups in total. The van der Waals surface area contributed by atoms with Crippen molar-refractivity contribution in [3.63, 3.8) is 0 Å². The van der Waals surface area contributed by atoms with Gasteiger partial charge in [0, 0.05) is 12.3 Å². The fraction of sp³-hybridized carbons (Fsp3) is 0.750. The molecule has 0 aromatic heterocycles. The number of ketones is 1. The Morgan fingerprint density at radius 1 is 0.977 bits per heavy atom. The maximum atomic E-state index is 13.4. The zero-order chi connectivity index (χ0) is 32.7. The van der Waals surface area contributed by atoms with Gasteiger partial charge in [0.05, 0.1) is 17.9 Å². The van der Waals surface area contributed by atoms with Crippen molar-refractivity contribution in [3.05, 3.63) is 36.5 Å². The van der Waals surface area contributed by atoms with Crippen LogP contribution in [0.5, 0.6) is 0 Å². The molecule has 244 valence electrons. The molecule has 1 saturated carbocycles. The number of fused-ring (bicyclic) bond motifs is 1. The van der Waals surface area contributed by atoms with E-state index < -0.39 is 25.8 Å². The normalized spacial score (nSPS) is 27.3. The van der Waals surface area contributed by atoms with Gasteiger partial charge in [-0.05, 0) is 86.4 Å². The zero-order valence-corrected chi connectivity index (χ0v) is 29.8. The molecule has 43 heavy (non-hydrogen) atoms. The molecule has 0 aromatic carbocycles. The van der Waals surface area contributed by atoms with Gasteiger partial charge in [0.15, 0.2) is 5.78 Å². The van der Waals surface area contributed by atoms with Crippen LogP contribution in [0.4, 0.5) is 0 Å². The number of allylic oxidation sites excluding steroid dienone is 6. The zero-order valence-electron chi connectivity index (χ0n) is 28.8. The van der Waals surface area contributed by atoms with E-state index in [-0.39, 0.29) is 71.0 Å². The first-order valence-corrected chi connectivity index (χ1v) is 18.8. The van der Waals surface area contributed by atoms with Crippen LogP contribution in [-0.2, 0) is 23.5 Å². The molecule has 0 bridgehead atoms. The summed E-state index contributed by atoms with van der Waals surface area (Å²) in [6.45, 7) is 23.0. The fourth-order valence-electron chi connectivity index (χ4n) is 7.73. The van der Waals surface area contributed by atoms with Gasteiger partial charge in [-0.3, -0.25) is 14.4 Å². The van der Waals surface area contributed by atoms with E-state index in [1.54, 1.807) is 6.08 Å². The molecule has 0 saturated heterocycles. The van der Waals surface area contributed by atoms with Gasteiger partial charge in [0.25, 0.3) is 0 Å². The van der Waals surface area contributed by atoms with Crippen molar-refractivity contribution >= 4 is 26.0 Å². The lowest BCUT2D eigenvalue weighted by molar-refractivity contribution is -0.168. The summed E-state index contributed by atoms with van der Waals surface area (Å²) in [5, 5.41) is 9.70. The van der Waals surface area contributed by atoms with Gasteiger partial charge >= 0.3 is 11.9 Å². The number of hydrogen-bond acceptors (Lipinski definition) is 5. The van der Waals surface area contributed by atoms with E-state index >= 15 is 0 Å².